The van der Waals surface area contributed by atoms with E-state index >= 15 is 0 Å². The minimum atomic E-state index is -0.649. The molecule has 0 saturated heterocycles. The van der Waals surface area contributed by atoms with Gasteiger partial charge in [0.25, 0.3) is 11.8 Å². The number of amides is 2. The molecule has 0 aliphatic carbocycles. The highest BCUT2D eigenvalue weighted by atomic mass is 32.1. The Morgan fingerprint density at radius 3 is 2.78 bits per heavy atom. The van der Waals surface area contributed by atoms with Gasteiger partial charge in [-0.05, 0) is 18.2 Å². The van der Waals surface area contributed by atoms with Crippen molar-refractivity contribution in [2.24, 2.45) is 5.73 Å². The molecule has 0 radical (unpaired) electrons. The summed E-state index contributed by atoms with van der Waals surface area (Å²) in [5.74, 6) is -1.07. The monoisotopic (exact) mass is 263 g/mol. The molecule has 0 unspecified atom stereocenters. The number of nitrogens with zero attached hydrogens (tertiary/aromatic N) is 1. The maximum Gasteiger partial charge on any atom is 0.268 e. The summed E-state index contributed by atoms with van der Waals surface area (Å²) in [4.78, 5) is 26.5. The van der Waals surface area contributed by atoms with E-state index in [1.807, 2.05) is 0 Å². The second-order valence-corrected chi connectivity index (χ2v) is 4.26. The SMILES string of the molecule is NC(=O)c1csc(NC(=O)c2cccc(O)c2)n1. The molecule has 0 bridgehead atoms. The zero-order valence-electron chi connectivity index (χ0n) is 9.08. The fourth-order valence-electron chi connectivity index (χ4n) is 1.26. The topological polar surface area (TPSA) is 105 Å². The first-order valence-corrected chi connectivity index (χ1v) is 5.80. The lowest BCUT2D eigenvalue weighted by Crippen LogP contribution is -2.13. The summed E-state index contributed by atoms with van der Waals surface area (Å²) >= 11 is 1.10. The van der Waals surface area contributed by atoms with E-state index in [1.54, 1.807) is 12.1 Å². The number of hydrogen-bond donors (Lipinski definition) is 3. The van der Waals surface area contributed by atoms with Gasteiger partial charge in [-0.3, -0.25) is 14.9 Å². The molecule has 1 aromatic carbocycles. The van der Waals surface area contributed by atoms with E-state index in [0.29, 0.717) is 5.56 Å². The van der Waals surface area contributed by atoms with Crippen LogP contribution in [0.3, 0.4) is 0 Å². The van der Waals surface area contributed by atoms with Gasteiger partial charge >= 0.3 is 0 Å². The molecule has 0 atom stereocenters. The van der Waals surface area contributed by atoms with Gasteiger partial charge in [-0.2, -0.15) is 0 Å². The van der Waals surface area contributed by atoms with E-state index in [-0.39, 0.29) is 16.6 Å². The summed E-state index contributed by atoms with van der Waals surface area (Å²) in [5, 5.41) is 13.5. The zero-order valence-corrected chi connectivity index (χ0v) is 9.90. The molecule has 7 heteroatoms. The lowest BCUT2D eigenvalue weighted by molar-refractivity contribution is 0.0992. The van der Waals surface area contributed by atoms with Crippen molar-refractivity contribution < 1.29 is 14.7 Å². The molecule has 1 heterocycles. The molecule has 92 valence electrons. The van der Waals surface area contributed by atoms with Crippen LogP contribution in [0.1, 0.15) is 20.8 Å². The number of nitrogens with two attached hydrogens (primary N) is 1. The van der Waals surface area contributed by atoms with Crippen LogP contribution in [0.5, 0.6) is 5.75 Å². The van der Waals surface area contributed by atoms with Crippen molar-refractivity contribution in [1.82, 2.24) is 4.98 Å². The molecule has 0 aliphatic heterocycles. The van der Waals surface area contributed by atoms with Crippen LogP contribution in [-0.4, -0.2) is 21.9 Å². The van der Waals surface area contributed by atoms with E-state index in [1.165, 1.54) is 17.5 Å². The predicted octanol–water partition coefficient (Wildman–Crippen LogP) is 1.20. The highest BCUT2D eigenvalue weighted by Gasteiger charge is 2.11. The number of phenols is 1. The lowest BCUT2D eigenvalue weighted by atomic mass is 10.2. The normalized spacial score (nSPS) is 10.0. The molecule has 1 aromatic heterocycles. The second kappa shape index (κ2) is 4.84. The molecule has 6 nitrogen and oxygen atoms in total. The smallest absolute Gasteiger partial charge is 0.268 e. The molecule has 0 saturated carbocycles. The summed E-state index contributed by atoms with van der Waals surface area (Å²) < 4.78 is 0. The first kappa shape index (κ1) is 12.1. The molecule has 0 aliphatic rings. The summed E-state index contributed by atoms with van der Waals surface area (Å²) in [6.07, 6.45) is 0. The third kappa shape index (κ3) is 2.64. The third-order valence-electron chi connectivity index (χ3n) is 2.09. The van der Waals surface area contributed by atoms with Gasteiger partial charge in [-0.15, -0.1) is 11.3 Å². The second-order valence-electron chi connectivity index (χ2n) is 3.41. The van der Waals surface area contributed by atoms with Gasteiger partial charge in [0.05, 0.1) is 0 Å². The van der Waals surface area contributed by atoms with Crippen molar-refractivity contribution in [3.8, 4) is 5.75 Å². The van der Waals surface area contributed by atoms with E-state index in [4.69, 9.17) is 5.73 Å². The summed E-state index contributed by atoms with van der Waals surface area (Å²) in [6.45, 7) is 0. The van der Waals surface area contributed by atoms with Crippen LogP contribution in [0.25, 0.3) is 0 Å². The van der Waals surface area contributed by atoms with E-state index < -0.39 is 11.8 Å². The Kier molecular flexibility index (Phi) is 3.24. The van der Waals surface area contributed by atoms with Crippen LogP contribution in [0.4, 0.5) is 5.13 Å². The number of rotatable bonds is 3. The molecule has 2 aromatic rings. The highest BCUT2D eigenvalue weighted by Crippen LogP contribution is 2.17. The number of benzene rings is 1. The van der Waals surface area contributed by atoms with Crippen molar-refractivity contribution in [1.29, 1.82) is 0 Å². The molecule has 0 spiro atoms. The van der Waals surface area contributed by atoms with Crippen LogP contribution in [-0.2, 0) is 0 Å². The number of anilines is 1. The Hall–Kier alpha value is -2.41. The van der Waals surface area contributed by atoms with Crippen LogP contribution in [0, 0.1) is 0 Å². The maximum absolute atomic E-state index is 11.8. The zero-order chi connectivity index (χ0) is 13.1. The average molecular weight is 263 g/mol. The van der Waals surface area contributed by atoms with Crippen molar-refractivity contribution in [2.45, 2.75) is 0 Å². The van der Waals surface area contributed by atoms with Gasteiger partial charge in [0.15, 0.2) is 5.13 Å². The van der Waals surface area contributed by atoms with Gasteiger partial charge in [0.1, 0.15) is 11.4 Å². The number of aromatic nitrogens is 1. The van der Waals surface area contributed by atoms with Crippen LogP contribution < -0.4 is 11.1 Å². The lowest BCUT2D eigenvalue weighted by Gasteiger charge is -2.01. The van der Waals surface area contributed by atoms with E-state index in [9.17, 15) is 14.7 Å². The number of carbonyl (C=O) groups excluding carboxylic acids is 2. The average Bonchev–Trinajstić information content (AvgIpc) is 2.77. The standard InChI is InChI=1S/C11H9N3O3S/c12-9(16)8-5-18-11(13-8)14-10(17)6-2-1-3-7(15)4-6/h1-5,15H,(H2,12,16)(H,13,14,17). The molecule has 4 N–H and O–H groups in total. The summed E-state index contributed by atoms with van der Waals surface area (Å²) in [6, 6.07) is 5.90. The van der Waals surface area contributed by atoms with E-state index in [2.05, 4.69) is 10.3 Å². The molecule has 0 fully saturated rings. The van der Waals surface area contributed by atoms with Gasteiger partial charge in [-0.1, -0.05) is 6.07 Å². The van der Waals surface area contributed by atoms with Gasteiger partial charge in [0, 0.05) is 10.9 Å². The Morgan fingerprint density at radius 1 is 1.39 bits per heavy atom. The van der Waals surface area contributed by atoms with Crippen LogP contribution >= 0.6 is 11.3 Å². The summed E-state index contributed by atoms with van der Waals surface area (Å²) in [5.41, 5.74) is 5.45. The van der Waals surface area contributed by atoms with E-state index in [0.717, 1.165) is 11.3 Å². The highest BCUT2D eigenvalue weighted by molar-refractivity contribution is 7.14. The minimum absolute atomic E-state index is 0.000358. The largest absolute Gasteiger partial charge is 0.508 e. The first-order valence-electron chi connectivity index (χ1n) is 4.92. The number of phenolic OH excluding ortho intramolecular Hbond substituents is 1. The third-order valence-corrected chi connectivity index (χ3v) is 2.84. The van der Waals surface area contributed by atoms with Crippen molar-refractivity contribution in [3.05, 3.63) is 40.9 Å². The quantitative estimate of drug-likeness (QED) is 0.773. The Morgan fingerprint density at radius 2 is 2.17 bits per heavy atom. The fraction of sp³-hybridized carbons (Fsp3) is 0. The van der Waals surface area contributed by atoms with Gasteiger partial charge < -0.3 is 10.8 Å². The number of carbonyl (C=O) groups is 2. The number of hydrogen-bond acceptors (Lipinski definition) is 5. The predicted molar refractivity (Wildman–Crippen MR) is 66.7 cm³/mol. The van der Waals surface area contributed by atoms with Gasteiger partial charge in [-0.25, -0.2) is 4.98 Å². The van der Waals surface area contributed by atoms with Crippen molar-refractivity contribution in [3.63, 3.8) is 0 Å². The van der Waals surface area contributed by atoms with Crippen LogP contribution in [0.15, 0.2) is 29.6 Å². The fourth-order valence-corrected chi connectivity index (χ4v) is 1.96. The van der Waals surface area contributed by atoms with Crippen molar-refractivity contribution in [2.75, 3.05) is 5.32 Å². The number of nitrogens with one attached hydrogen (secondary N) is 1. The molecule has 2 amide bonds. The first-order chi connectivity index (χ1) is 8.56. The summed E-state index contributed by atoms with van der Waals surface area (Å²) in [7, 11) is 0. The minimum Gasteiger partial charge on any atom is -0.508 e. The maximum atomic E-state index is 11.8. The Balaban J connectivity index is 2.13. The number of aromatic hydroxyl groups is 1. The molecular formula is C11H9N3O3S. The Labute approximate surface area is 106 Å². The Bertz CT molecular complexity index is 609. The molecular weight excluding hydrogens is 254 g/mol. The molecule has 18 heavy (non-hydrogen) atoms. The number of thiazole rings is 1. The van der Waals surface area contributed by atoms with Crippen LogP contribution in [0.2, 0.25) is 0 Å². The number of primary amides is 1. The van der Waals surface area contributed by atoms with Crippen molar-refractivity contribution >= 4 is 28.3 Å². The van der Waals surface area contributed by atoms with Gasteiger partial charge in [0.2, 0.25) is 0 Å². The molecule has 2 rings (SSSR count).